The van der Waals surface area contributed by atoms with Crippen LogP contribution in [0.15, 0.2) is 29.3 Å². The minimum absolute atomic E-state index is 0.110. The van der Waals surface area contributed by atoms with Crippen molar-refractivity contribution in [3.8, 4) is 0 Å². The fourth-order valence-corrected chi connectivity index (χ4v) is 3.51. The first-order valence-electron chi connectivity index (χ1n) is 10.2. The summed E-state index contributed by atoms with van der Waals surface area (Å²) in [4.78, 5) is 4.03. The molecule has 0 aliphatic heterocycles. The summed E-state index contributed by atoms with van der Waals surface area (Å²) < 4.78 is 143. The molecule has 3 aromatic rings. The van der Waals surface area contributed by atoms with Crippen LogP contribution in [0, 0.1) is 58.2 Å². The lowest BCUT2D eigenvalue weighted by Crippen LogP contribution is -2.59. The van der Waals surface area contributed by atoms with Crippen molar-refractivity contribution in [1.82, 2.24) is 0 Å². The SMILES string of the molecule is CCCCN=Cc1ccccc1B(c1c(F)c(F)c(F)c(F)c1F)c1c(F)c(F)c(F)c(F)c1F. The standard InChI is InChI=1S/C23H14BF10N/c1-2-3-8-35-9-10-6-4-5-7-11(10)24(12-14(25)18(29)22(33)19(30)15(12)26)13-16(27)20(31)23(34)21(32)17(13)28/h4-7,9H,2-3,8H2,1H3. The van der Waals surface area contributed by atoms with Gasteiger partial charge in [-0.1, -0.05) is 43.1 Å². The summed E-state index contributed by atoms with van der Waals surface area (Å²) in [7, 11) is 0. The van der Waals surface area contributed by atoms with Crippen LogP contribution in [0.25, 0.3) is 0 Å². The van der Waals surface area contributed by atoms with Crippen molar-refractivity contribution in [2.24, 2.45) is 4.99 Å². The van der Waals surface area contributed by atoms with E-state index in [0.717, 1.165) is 18.7 Å². The number of hydrogen-bond donors (Lipinski definition) is 0. The molecule has 0 radical (unpaired) electrons. The van der Waals surface area contributed by atoms with E-state index in [9.17, 15) is 43.9 Å². The van der Waals surface area contributed by atoms with Gasteiger partial charge in [0, 0.05) is 23.7 Å². The quantitative estimate of drug-likeness (QED) is 0.109. The Balaban J connectivity index is 2.47. The molecule has 0 aromatic heterocycles. The molecule has 184 valence electrons. The lowest BCUT2D eigenvalue weighted by atomic mass is 9.35. The van der Waals surface area contributed by atoms with Crippen LogP contribution < -0.4 is 16.4 Å². The van der Waals surface area contributed by atoms with Crippen molar-refractivity contribution in [3.63, 3.8) is 0 Å². The van der Waals surface area contributed by atoms with Crippen molar-refractivity contribution in [1.29, 1.82) is 0 Å². The third-order valence-electron chi connectivity index (χ3n) is 5.24. The molecule has 0 unspecified atom stereocenters. The molecule has 3 aromatic carbocycles. The molecule has 0 amide bonds. The summed E-state index contributed by atoms with van der Waals surface area (Å²) in [6.07, 6.45) is 2.45. The fourth-order valence-electron chi connectivity index (χ4n) is 3.51. The Hall–Kier alpha value is -3.31. The number of benzene rings is 3. The van der Waals surface area contributed by atoms with Gasteiger partial charge in [-0.25, -0.2) is 43.9 Å². The molecule has 0 fully saturated rings. The van der Waals surface area contributed by atoms with E-state index in [1.54, 1.807) is 0 Å². The van der Waals surface area contributed by atoms with Crippen LogP contribution >= 0.6 is 0 Å². The molecule has 0 aliphatic carbocycles. The minimum Gasteiger partial charge on any atom is -0.293 e. The van der Waals surface area contributed by atoms with Gasteiger partial charge in [-0.3, -0.25) is 4.99 Å². The lowest BCUT2D eigenvalue weighted by molar-refractivity contribution is 0.382. The zero-order valence-corrected chi connectivity index (χ0v) is 17.8. The molecule has 3 rings (SSSR count). The monoisotopic (exact) mass is 505 g/mol. The third-order valence-corrected chi connectivity index (χ3v) is 5.24. The molecular weight excluding hydrogens is 491 g/mol. The molecule has 0 saturated heterocycles. The summed E-state index contributed by atoms with van der Waals surface area (Å²) in [5, 5.41) is 0. The molecule has 12 heteroatoms. The number of unbranched alkanes of at least 4 members (excludes halogenated alkanes) is 1. The summed E-state index contributed by atoms with van der Waals surface area (Å²) in [5.74, 6) is -24.9. The molecule has 0 N–H and O–H groups in total. The van der Waals surface area contributed by atoms with Crippen LogP contribution in [0.1, 0.15) is 25.3 Å². The predicted molar refractivity (Wildman–Crippen MR) is 111 cm³/mol. The Bertz CT molecular complexity index is 1180. The zero-order chi connectivity index (χ0) is 26.0. The van der Waals surface area contributed by atoms with Crippen molar-refractivity contribution >= 4 is 29.3 Å². The Kier molecular flexibility index (Phi) is 7.91. The van der Waals surface area contributed by atoms with E-state index in [2.05, 4.69) is 4.99 Å². The summed E-state index contributed by atoms with van der Waals surface area (Å²) >= 11 is 0. The van der Waals surface area contributed by atoms with Gasteiger partial charge in [0.25, 0.3) is 6.71 Å². The third kappa shape index (κ3) is 4.65. The van der Waals surface area contributed by atoms with Crippen LogP contribution in [0.5, 0.6) is 0 Å². The topological polar surface area (TPSA) is 12.4 Å². The zero-order valence-electron chi connectivity index (χ0n) is 17.8. The number of nitrogens with zero attached hydrogens (tertiary/aromatic N) is 1. The molecule has 0 heterocycles. The van der Waals surface area contributed by atoms with Gasteiger partial charge in [-0.05, 0) is 12.0 Å². The van der Waals surface area contributed by atoms with Gasteiger partial charge >= 0.3 is 0 Å². The molecule has 0 spiro atoms. The van der Waals surface area contributed by atoms with E-state index in [4.69, 9.17) is 0 Å². The first-order valence-corrected chi connectivity index (χ1v) is 10.2. The Labute approximate surface area is 193 Å². The Morgan fingerprint density at radius 2 is 1.03 bits per heavy atom. The van der Waals surface area contributed by atoms with Crippen LogP contribution in [-0.2, 0) is 0 Å². The number of rotatable bonds is 7. The van der Waals surface area contributed by atoms with Gasteiger partial charge in [-0.2, -0.15) is 0 Å². The van der Waals surface area contributed by atoms with Gasteiger partial charge in [0.1, 0.15) is 0 Å². The van der Waals surface area contributed by atoms with Gasteiger partial charge in [0.15, 0.2) is 58.2 Å². The molecular formula is C23H14BF10N. The highest BCUT2D eigenvalue weighted by Gasteiger charge is 2.41. The van der Waals surface area contributed by atoms with E-state index in [-0.39, 0.29) is 12.1 Å². The summed E-state index contributed by atoms with van der Waals surface area (Å²) in [6, 6.07) is 4.76. The minimum atomic E-state index is -2.63. The van der Waals surface area contributed by atoms with Gasteiger partial charge in [0.2, 0.25) is 0 Å². The first-order chi connectivity index (χ1) is 16.5. The maximum absolute atomic E-state index is 14.8. The molecule has 35 heavy (non-hydrogen) atoms. The predicted octanol–water partition coefficient (Wildman–Crippen LogP) is 4.81. The highest BCUT2D eigenvalue weighted by atomic mass is 19.2. The number of halogens is 10. The second-order valence-electron chi connectivity index (χ2n) is 7.42. The van der Waals surface area contributed by atoms with E-state index in [1.165, 1.54) is 18.2 Å². The van der Waals surface area contributed by atoms with E-state index >= 15 is 0 Å². The van der Waals surface area contributed by atoms with Gasteiger partial charge in [0.05, 0.1) is 0 Å². The van der Waals surface area contributed by atoms with E-state index in [1.807, 2.05) is 6.92 Å². The second-order valence-corrected chi connectivity index (χ2v) is 7.42. The summed E-state index contributed by atoms with van der Waals surface area (Å²) in [6.45, 7) is -0.523. The Morgan fingerprint density at radius 3 is 1.46 bits per heavy atom. The fraction of sp³-hybridized carbons (Fsp3) is 0.174. The maximum atomic E-state index is 14.8. The van der Waals surface area contributed by atoms with Crippen LogP contribution in [0.4, 0.5) is 43.9 Å². The van der Waals surface area contributed by atoms with Crippen molar-refractivity contribution in [3.05, 3.63) is 88.0 Å². The molecule has 1 nitrogen and oxygen atoms in total. The van der Waals surface area contributed by atoms with Gasteiger partial charge in [-0.15, -0.1) is 0 Å². The number of aliphatic imine (C=N–C) groups is 1. The second kappa shape index (κ2) is 10.5. The Morgan fingerprint density at radius 1 is 0.629 bits per heavy atom. The largest absolute Gasteiger partial charge is 0.293 e. The van der Waals surface area contributed by atoms with E-state index in [0.29, 0.717) is 6.42 Å². The first kappa shape index (κ1) is 26.3. The molecule has 0 aliphatic rings. The summed E-state index contributed by atoms with van der Waals surface area (Å²) in [5.41, 5.74) is -4.21. The lowest BCUT2D eigenvalue weighted by Gasteiger charge is -2.21. The van der Waals surface area contributed by atoms with E-state index < -0.39 is 81.3 Å². The smallest absolute Gasteiger partial charge is 0.257 e. The van der Waals surface area contributed by atoms with Crippen molar-refractivity contribution < 1.29 is 43.9 Å². The van der Waals surface area contributed by atoms with Crippen LogP contribution in [0.2, 0.25) is 0 Å². The average Bonchev–Trinajstić information content (AvgIpc) is 2.86. The molecule has 0 bridgehead atoms. The van der Waals surface area contributed by atoms with Crippen LogP contribution in [0.3, 0.4) is 0 Å². The van der Waals surface area contributed by atoms with Crippen molar-refractivity contribution in [2.45, 2.75) is 19.8 Å². The average molecular weight is 505 g/mol. The van der Waals surface area contributed by atoms with Gasteiger partial charge < -0.3 is 0 Å². The van der Waals surface area contributed by atoms with Crippen molar-refractivity contribution in [2.75, 3.05) is 6.54 Å². The highest BCUT2D eigenvalue weighted by molar-refractivity contribution is 6.96. The highest BCUT2D eigenvalue weighted by Crippen LogP contribution is 2.21. The van der Waals surface area contributed by atoms with Crippen LogP contribution in [-0.4, -0.2) is 19.5 Å². The normalized spacial score (nSPS) is 11.5. The molecule has 0 atom stereocenters. The number of hydrogen-bond acceptors (Lipinski definition) is 1. The maximum Gasteiger partial charge on any atom is 0.257 e. The molecule has 0 saturated carbocycles.